The van der Waals surface area contributed by atoms with Gasteiger partial charge in [0.2, 0.25) is 5.91 Å². The fourth-order valence-electron chi connectivity index (χ4n) is 2.92. The normalized spacial score (nSPS) is 15.1. The molecule has 0 bridgehead atoms. The lowest BCUT2D eigenvalue weighted by atomic mass is 9.99. The lowest BCUT2D eigenvalue weighted by Gasteiger charge is -2.30. The molecule has 26 heavy (non-hydrogen) atoms. The van der Waals surface area contributed by atoms with E-state index >= 15 is 0 Å². The first-order valence-corrected chi connectivity index (χ1v) is 10.1. The van der Waals surface area contributed by atoms with Crippen LogP contribution >= 0.6 is 11.8 Å². The van der Waals surface area contributed by atoms with E-state index in [0.717, 1.165) is 53.9 Å². The molecule has 1 amide bonds. The van der Waals surface area contributed by atoms with Gasteiger partial charge in [-0.2, -0.15) is 0 Å². The number of ether oxygens (including phenoxy) is 1. The highest BCUT2D eigenvalue weighted by molar-refractivity contribution is 7.99. The average molecular weight is 372 g/mol. The first kappa shape index (κ1) is 18.7. The largest absolute Gasteiger partial charge is 0.494 e. The molecule has 1 aliphatic rings. The average Bonchev–Trinajstić information content (AvgIpc) is 2.68. The monoisotopic (exact) mass is 371 g/mol. The molecular formula is C20H25N3O2S. The highest BCUT2D eigenvalue weighted by Crippen LogP contribution is 2.23. The Labute approximate surface area is 159 Å². The number of hydrogen-bond acceptors (Lipinski definition) is 5. The predicted octanol–water partition coefficient (Wildman–Crippen LogP) is 3.89. The lowest BCUT2D eigenvalue weighted by Crippen LogP contribution is -2.38. The summed E-state index contributed by atoms with van der Waals surface area (Å²) in [6.45, 7) is 6.62. The van der Waals surface area contributed by atoms with Crippen LogP contribution in [0.3, 0.4) is 0 Å². The number of aromatic nitrogens is 2. The summed E-state index contributed by atoms with van der Waals surface area (Å²) < 4.78 is 5.45. The van der Waals surface area contributed by atoms with Gasteiger partial charge in [-0.05, 0) is 62.1 Å². The summed E-state index contributed by atoms with van der Waals surface area (Å²) in [5.74, 6) is 2.19. The van der Waals surface area contributed by atoms with Gasteiger partial charge in [0.15, 0.2) is 0 Å². The number of carbonyl (C=O) groups is 1. The third-order valence-corrected chi connectivity index (χ3v) is 5.49. The molecule has 0 spiro atoms. The Kier molecular flexibility index (Phi) is 6.50. The first-order chi connectivity index (χ1) is 12.7. The van der Waals surface area contributed by atoms with E-state index in [0.29, 0.717) is 12.4 Å². The van der Waals surface area contributed by atoms with Crippen LogP contribution in [-0.4, -0.2) is 46.5 Å². The standard InChI is InChI=1S/C20H25N3O2S/c1-3-25-17-6-4-16(5-7-17)18-8-9-19(22-21-18)26-14-20(24)23-12-10-15(2)11-13-23/h4-9,15H,3,10-14H2,1-2H3. The van der Waals surface area contributed by atoms with Crippen LogP contribution in [0.25, 0.3) is 11.3 Å². The van der Waals surface area contributed by atoms with Gasteiger partial charge in [0.05, 0.1) is 18.1 Å². The Hall–Kier alpha value is -2.08. The second-order valence-electron chi connectivity index (χ2n) is 6.57. The molecule has 1 fully saturated rings. The number of hydrogen-bond donors (Lipinski definition) is 0. The van der Waals surface area contributed by atoms with Gasteiger partial charge >= 0.3 is 0 Å². The van der Waals surface area contributed by atoms with E-state index in [1.807, 2.05) is 48.2 Å². The maximum absolute atomic E-state index is 12.3. The molecule has 0 unspecified atom stereocenters. The van der Waals surface area contributed by atoms with E-state index in [1.165, 1.54) is 11.8 Å². The molecule has 0 saturated carbocycles. The van der Waals surface area contributed by atoms with Crippen LogP contribution < -0.4 is 4.74 Å². The van der Waals surface area contributed by atoms with Crippen LogP contribution in [0, 0.1) is 5.92 Å². The van der Waals surface area contributed by atoms with E-state index in [4.69, 9.17) is 4.74 Å². The van der Waals surface area contributed by atoms with Crippen molar-refractivity contribution in [1.82, 2.24) is 15.1 Å². The molecule has 1 aliphatic heterocycles. The Morgan fingerprint density at radius 1 is 1.15 bits per heavy atom. The number of nitrogens with zero attached hydrogens (tertiary/aromatic N) is 3. The zero-order valence-electron chi connectivity index (χ0n) is 15.4. The van der Waals surface area contributed by atoms with Gasteiger partial charge in [-0.25, -0.2) is 0 Å². The summed E-state index contributed by atoms with van der Waals surface area (Å²) in [6, 6.07) is 11.7. The number of likely N-dealkylation sites (tertiary alicyclic amines) is 1. The minimum atomic E-state index is 0.194. The number of amides is 1. The van der Waals surface area contributed by atoms with Crippen molar-refractivity contribution >= 4 is 17.7 Å². The van der Waals surface area contributed by atoms with Crippen molar-refractivity contribution in [2.24, 2.45) is 5.92 Å². The van der Waals surface area contributed by atoms with Gasteiger partial charge in [-0.3, -0.25) is 4.79 Å². The molecule has 1 aromatic carbocycles. The van der Waals surface area contributed by atoms with Crippen molar-refractivity contribution < 1.29 is 9.53 Å². The van der Waals surface area contributed by atoms with Gasteiger partial charge in [0.25, 0.3) is 0 Å². The topological polar surface area (TPSA) is 55.3 Å². The summed E-state index contributed by atoms with van der Waals surface area (Å²) in [5.41, 5.74) is 1.81. The van der Waals surface area contributed by atoms with Crippen LogP contribution in [0.5, 0.6) is 5.75 Å². The molecular weight excluding hydrogens is 346 g/mol. The molecule has 2 heterocycles. The van der Waals surface area contributed by atoms with E-state index in [9.17, 15) is 4.79 Å². The molecule has 2 aromatic rings. The van der Waals surface area contributed by atoms with Crippen LogP contribution in [0.1, 0.15) is 26.7 Å². The second-order valence-corrected chi connectivity index (χ2v) is 7.56. The number of thioether (sulfide) groups is 1. The summed E-state index contributed by atoms with van der Waals surface area (Å²) in [7, 11) is 0. The lowest BCUT2D eigenvalue weighted by molar-refractivity contribution is -0.129. The zero-order chi connectivity index (χ0) is 18.4. The Morgan fingerprint density at radius 3 is 2.50 bits per heavy atom. The van der Waals surface area contributed by atoms with Crippen molar-refractivity contribution in [2.75, 3.05) is 25.4 Å². The minimum absolute atomic E-state index is 0.194. The number of piperidine rings is 1. The maximum atomic E-state index is 12.3. The summed E-state index contributed by atoms with van der Waals surface area (Å²) in [6.07, 6.45) is 2.21. The third kappa shape index (κ3) is 4.97. The van der Waals surface area contributed by atoms with Gasteiger partial charge in [0, 0.05) is 18.7 Å². The molecule has 0 atom stereocenters. The third-order valence-electron chi connectivity index (χ3n) is 4.58. The van der Waals surface area contributed by atoms with E-state index in [2.05, 4.69) is 17.1 Å². The quantitative estimate of drug-likeness (QED) is 0.721. The molecule has 138 valence electrons. The summed E-state index contributed by atoms with van der Waals surface area (Å²) >= 11 is 1.45. The van der Waals surface area contributed by atoms with Crippen LogP contribution in [0.15, 0.2) is 41.4 Å². The van der Waals surface area contributed by atoms with Crippen molar-refractivity contribution in [3.05, 3.63) is 36.4 Å². The van der Waals surface area contributed by atoms with Crippen molar-refractivity contribution in [1.29, 1.82) is 0 Å². The smallest absolute Gasteiger partial charge is 0.232 e. The molecule has 5 nitrogen and oxygen atoms in total. The van der Waals surface area contributed by atoms with E-state index < -0.39 is 0 Å². The predicted molar refractivity (Wildman–Crippen MR) is 104 cm³/mol. The Balaban J connectivity index is 1.53. The fraction of sp³-hybridized carbons (Fsp3) is 0.450. The minimum Gasteiger partial charge on any atom is -0.494 e. The van der Waals surface area contributed by atoms with Crippen molar-refractivity contribution in [2.45, 2.75) is 31.7 Å². The van der Waals surface area contributed by atoms with Crippen LogP contribution in [-0.2, 0) is 4.79 Å². The van der Waals surface area contributed by atoms with Gasteiger partial charge in [-0.1, -0.05) is 18.7 Å². The molecule has 1 aromatic heterocycles. The van der Waals surface area contributed by atoms with Gasteiger partial charge in [0.1, 0.15) is 10.8 Å². The summed E-state index contributed by atoms with van der Waals surface area (Å²) in [5, 5.41) is 9.32. The van der Waals surface area contributed by atoms with Gasteiger partial charge < -0.3 is 9.64 Å². The zero-order valence-corrected chi connectivity index (χ0v) is 16.2. The Bertz CT molecular complexity index is 711. The van der Waals surface area contributed by atoms with Crippen LogP contribution in [0.2, 0.25) is 0 Å². The molecule has 1 saturated heterocycles. The van der Waals surface area contributed by atoms with E-state index in [-0.39, 0.29) is 5.91 Å². The highest BCUT2D eigenvalue weighted by Gasteiger charge is 2.20. The second kappa shape index (κ2) is 9.03. The molecule has 0 aliphatic carbocycles. The van der Waals surface area contributed by atoms with Gasteiger partial charge in [-0.15, -0.1) is 10.2 Å². The van der Waals surface area contributed by atoms with E-state index in [1.54, 1.807) is 0 Å². The maximum Gasteiger partial charge on any atom is 0.232 e. The molecule has 6 heteroatoms. The van der Waals surface area contributed by atoms with Crippen molar-refractivity contribution in [3.63, 3.8) is 0 Å². The van der Waals surface area contributed by atoms with Crippen LogP contribution in [0.4, 0.5) is 0 Å². The fourth-order valence-corrected chi connectivity index (χ4v) is 3.64. The molecule has 0 radical (unpaired) electrons. The number of carbonyl (C=O) groups excluding carboxylic acids is 1. The number of rotatable bonds is 6. The highest BCUT2D eigenvalue weighted by atomic mass is 32.2. The first-order valence-electron chi connectivity index (χ1n) is 9.13. The summed E-state index contributed by atoms with van der Waals surface area (Å²) in [4.78, 5) is 14.3. The molecule has 3 rings (SSSR count). The SMILES string of the molecule is CCOc1ccc(-c2ccc(SCC(=O)N3CCC(C)CC3)nn2)cc1. The Morgan fingerprint density at radius 2 is 1.88 bits per heavy atom. The van der Waals surface area contributed by atoms with Crippen molar-refractivity contribution in [3.8, 4) is 17.0 Å². The number of benzene rings is 1. The molecule has 0 N–H and O–H groups in total.